The molecule has 0 saturated heterocycles. The van der Waals surface area contributed by atoms with Crippen LogP contribution in [-0.2, 0) is 16.1 Å². The third kappa shape index (κ3) is 6.45. The SMILES string of the molecule is CCOc1ccc(N)cc1COCCOCC(C)C. The zero-order valence-corrected chi connectivity index (χ0v) is 12.1. The van der Waals surface area contributed by atoms with Crippen LogP contribution in [0.3, 0.4) is 0 Å². The Kier molecular flexibility index (Phi) is 7.30. The third-order valence-corrected chi connectivity index (χ3v) is 2.47. The van der Waals surface area contributed by atoms with Crippen LogP contribution >= 0.6 is 0 Å². The lowest BCUT2D eigenvalue weighted by Crippen LogP contribution is -2.09. The molecule has 0 radical (unpaired) electrons. The van der Waals surface area contributed by atoms with Crippen LogP contribution in [0.25, 0.3) is 0 Å². The van der Waals surface area contributed by atoms with Crippen LogP contribution in [0, 0.1) is 5.92 Å². The van der Waals surface area contributed by atoms with Crippen molar-refractivity contribution in [2.45, 2.75) is 27.4 Å². The van der Waals surface area contributed by atoms with Crippen molar-refractivity contribution in [1.29, 1.82) is 0 Å². The van der Waals surface area contributed by atoms with E-state index in [1.807, 2.05) is 25.1 Å². The van der Waals surface area contributed by atoms with Crippen LogP contribution in [0.4, 0.5) is 5.69 Å². The highest BCUT2D eigenvalue weighted by Crippen LogP contribution is 2.22. The van der Waals surface area contributed by atoms with Crippen LogP contribution in [0.15, 0.2) is 18.2 Å². The highest BCUT2D eigenvalue weighted by atomic mass is 16.5. The first-order valence-electron chi connectivity index (χ1n) is 6.80. The van der Waals surface area contributed by atoms with Gasteiger partial charge in [-0.15, -0.1) is 0 Å². The number of ether oxygens (including phenoxy) is 3. The standard InChI is InChI=1S/C15H25NO3/c1-4-19-15-6-5-14(16)9-13(15)11-18-8-7-17-10-12(2)3/h5-6,9,12H,4,7-8,10-11,16H2,1-3H3. The molecule has 19 heavy (non-hydrogen) atoms. The van der Waals surface area contributed by atoms with Gasteiger partial charge in [-0.3, -0.25) is 0 Å². The van der Waals surface area contributed by atoms with Gasteiger partial charge in [-0.1, -0.05) is 13.8 Å². The molecular weight excluding hydrogens is 242 g/mol. The molecule has 0 saturated carbocycles. The van der Waals surface area contributed by atoms with Crippen LogP contribution in [-0.4, -0.2) is 26.4 Å². The summed E-state index contributed by atoms with van der Waals surface area (Å²) in [6, 6.07) is 5.60. The van der Waals surface area contributed by atoms with E-state index in [0.717, 1.165) is 23.6 Å². The maximum atomic E-state index is 5.77. The van der Waals surface area contributed by atoms with E-state index in [1.54, 1.807) is 0 Å². The highest BCUT2D eigenvalue weighted by molar-refractivity contribution is 5.47. The van der Waals surface area contributed by atoms with Crippen molar-refractivity contribution in [2.24, 2.45) is 5.92 Å². The van der Waals surface area contributed by atoms with Gasteiger partial charge in [0.05, 0.1) is 26.4 Å². The second-order valence-corrected chi connectivity index (χ2v) is 4.82. The maximum Gasteiger partial charge on any atom is 0.124 e. The third-order valence-electron chi connectivity index (χ3n) is 2.47. The number of hydrogen-bond donors (Lipinski definition) is 1. The Hall–Kier alpha value is -1.26. The normalized spacial score (nSPS) is 10.9. The lowest BCUT2D eigenvalue weighted by Gasteiger charge is -2.12. The van der Waals surface area contributed by atoms with Gasteiger partial charge >= 0.3 is 0 Å². The zero-order valence-electron chi connectivity index (χ0n) is 12.1. The van der Waals surface area contributed by atoms with Gasteiger partial charge in [-0.05, 0) is 31.0 Å². The molecule has 1 rings (SSSR count). The summed E-state index contributed by atoms with van der Waals surface area (Å²) >= 11 is 0. The molecule has 4 heteroatoms. The number of rotatable bonds is 9. The lowest BCUT2D eigenvalue weighted by atomic mass is 10.2. The van der Waals surface area contributed by atoms with Gasteiger partial charge in [-0.2, -0.15) is 0 Å². The molecule has 0 aliphatic heterocycles. The molecule has 0 aliphatic carbocycles. The zero-order chi connectivity index (χ0) is 14.1. The van der Waals surface area contributed by atoms with Crippen LogP contribution < -0.4 is 10.5 Å². The fraction of sp³-hybridized carbons (Fsp3) is 0.600. The topological polar surface area (TPSA) is 53.7 Å². The lowest BCUT2D eigenvalue weighted by molar-refractivity contribution is 0.0308. The molecule has 0 spiro atoms. The maximum absolute atomic E-state index is 5.77. The van der Waals surface area contributed by atoms with Gasteiger partial charge in [0.25, 0.3) is 0 Å². The average Bonchev–Trinajstić information content (AvgIpc) is 2.36. The molecule has 4 nitrogen and oxygen atoms in total. The Morgan fingerprint density at radius 2 is 1.89 bits per heavy atom. The van der Waals surface area contributed by atoms with Crippen molar-refractivity contribution < 1.29 is 14.2 Å². The highest BCUT2D eigenvalue weighted by Gasteiger charge is 2.04. The van der Waals surface area contributed by atoms with Crippen molar-refractivity contribution in [2.75, 3.05) is 32.2 Å². The minimum absolute atomic E-state index is 0.491. The molecule has 0 aromatic heterocycles. The summed E-state index contributed by atoms with van der Waals surface area (Å²) in [5.41, 5.74) is 7.47. The quantitative estimate of drug-likeness (QED) is 0.552. The summed E-state index contributed by atoms with van der Waals surface area (Å²) in [4.78, 5) is 0. The Morgan fingerprint density at radius 3 is 2.58 bits per heavy atom. The van der Waals surface area contributed by atoms with Crippen molar-refractivity contribution in [3.63, 3.8) is 0 Å². The first-order chi connectivity index (χ1) is 9.13. The van der Waals surface area contributed by atoms with E-state index >= 15 is 0 Å². The Labute approximate surface area is 115 Å². The summed E-state index contributed by atoms with van der Waals surface area (Å²) in [6.07, 6.45) is 0. The molecule has 2 N–H and O–H groups in total. The van der Waals surface area contributed by atoms with E-state index < -0.39 is 0 Å². The van der Waals surface area contributed by atoms with Crippen molar-refractivity contribution in [3.05, 3.63) is 23.8 Å². The van der Waals surface area contributed by atoms with Gasteiger partial charge in [0, 0.05) is 17.9 Å². The van der Waals surface area contributed by atoms with Crippen LogP contribution in [0.2, 0.25) is 0 Å². The Morgan fingerprint density at radius 1 is 1.16 bits per heavy atom. The van der Waals surface area contributed by atoms with E-state index in [1.165, 1.54) is 0 Å². The molecular formula is C15H25NO3. The number of nitrogen functional groups attached to an aromatic ring is 1. The number of benzene rings is 1. The first-order valence-corrected chi connectivity index (χ1v) is 6.80. The molecule has 0 bridgehead atoms. The summed E-state index contributed by atoms with van der Waals surface area (Å²) in [5.74, 6) is 1.39. The van der Waals surface area contributed by atoms with Crippen LogP contribution in [0.5, 0.6) is 5.75 Å². The molecule has 0 fully saturated rings. The van der Waals surface area contributed by atoms with Gasteiger partial charge in [0.1, 0.15) is 5.75 Å². The largest absolute Gasteiger partial charge is 0.494 e. The molecule has 0 unspecified atom stereocenters. The van der Waals surface area contributed by atoms with Crippen molar-refractivity contribution >= 4 is 5.69 Å². The van der Waals surface area contributed by atoms with Crippen molar-refractivity contribution in [3.8, 4) is 5.75 Å². The van der Waals surface area contributed by atoms with Crippen LogP contribution in [0.1, 0.15) is 26.3 Å². The summed E-state index contributed by atoms with van der Waals surface area (Å²) in [7, 11) is 0. The minimum Gasteiger partial charge on any atom is -0.494 e. The fourth-order valence-electron chi connectivity index (χ4n) is 1.63. The first kappa shape index (κ1) is 15.8. The predicted molar refractivity (Wildman–Crippen MR) is 77.3 cm³/mol. The summed E-state index contributed by atoms with van der Waals surface area (Å²) < 4.78 is 16.6. The fourth-order valence-corrected chi connectivity index (χ4v) is 1.63. The Bertz CT molecular complexity index is 366. The van der Waals surface area contributed by atoms with E-state index in [0.29, 0.717) is 32.3 Å². The monoisotopic (exact) mass is 267 g/mol. The van der Waals surface area contributed by atoms with Gasteiger partial charge < -0.3 is 19.9 Å². The van der Waals surface area contributed by atoms with E-state index in [2.05, 4.69) is 13.8 Å². The molecule has 0 amide bonds. The van der Waals surface area contributed by atoms with Crippen molar-refractivity contribution in [1.82, 2.24) is 0 Å². The number of nitrogens with two attached hydrogens (primary N) is 1. The van der Waals surface area contributed by atoms with Gasteiger partial charge in [0.15, 0.2) is 0 Å². The molecule has 108 valence electrons. The minimum atomic E-state index is 0.491. The number of anilines is 1. The molecule has 1 aromatic rings. The van der Waals surface area contributed by atoms with Gasteiger partial charge in [0.2, 0.25) is 0 Å². The summed E-state index contributed by atoms with van der Waals surface area (Å²) in [5, 5.41) is 0. The summed E-state index contributed by atoms with van der Waals surface area (Å²) in [6.45, 7) is 9.30. The second kappa shape index (κ2) is 8.77. The molecule has 0 heterocycles. The van der Waals surface area contributed by atoms with E-state index in [9.17, 15) is 0 Å². The average molecular weight is 267 g/mol. The Balaban J connectivity index is 2.33. The molecule has 0 atom stereocenters. The number of hydrogen-bond acceptors (Lipinski definition) is 4. The van der Waals surface area contributed by atoms with Gasteiger partial charge in [-0.25, -0.2) is 0 Å². The second-order valence-electron chi connectivity index (χ2n) is 4.82. The molecule has 1 aromatic carbocycles. The van der Waals surface area contributed by atoms with E-state index in [-0.39, 0.29) is 0 Å². The predicted octanol–water partition coefficient (Wildman–Crippen LogP) is 2.86. The van der Waals surface area contributed by atoms with E-state index in [4.69, 9.17) is 19.9 Å². The smallest absolute Gasteiger partial charge is 0.124 e. The molecule has 0 aliphatic rings.